The summed E-state index contributed by atoms with van der Waals surface area (Å²) in [7, 11) is 3.13. The van der Waals surface area contributed by atoms with Gasteiger partial charge in [-0.1, -0.05) is 56.5 Å². The second-order valence-corrected chi connectivity index (χ2v) is 7.38. The van der Waals surface area contributed by atoms with Crippen molar-refractivity contribution in [1.29, 1.82) is 0 Å². The molecule has 6 heteroatoms. The van der Waals surface area contributed by atoms with Crippen molar-refractivity contribution < 1.29 is 19.4 Å². The van der Waals surface area contributed by atoms with E-state index in [0.29, 0.717) is 16.9 Å². The second-order valence-electron chi connectivity index (χ2n) is 7.38. The molecule has 2 amide bonds. The Labute approximate surface area is 178 Å². The quantitative estimate of drug-likeness (QED) is 0.492. The largest absolute Gasteiger partial charge is 0.496 e. The number of carbonyl (C=O) groups excluding carboxylic acids is 2. The smallest absolute Gasteiger partial charge is 0.251 e. The van der Waals surface area contributed by atoms with E-state index in [0.717, 1.165) is 36.8 Å². The van der Waals surface area contributed by atoms with Gasteiger partial charge in [0.05, 0.1) is 19.6 Å². The molecule has 2 atom stereocenters. The van der Waals surface area contributed by atoms with Crippen molar-refractivity contribution in [3.05, 3.63) is 64.7 Å². The van der Waals surface area contributed by atoms with Gasteiger partial charge in [0.1, 0.15) is 5.75 Å². The van der Waals surface area contributed by atoms with E-state index in [4.69, 9.17) is 10.5 Å². The highest BCUT2D eigenvalue weighted by Gasteiger charge is 2.33. The van der Waals surface area contributed by atoms with Crippen LogP contribution in [0, 0.1) is 0 Å². The van der Waals surface area contributed by atoms with Gasteiger partial charge >= 0.3 is 0 Å². The SMILES string of the molecule is CCCCCC(c1ccc(CO)cc1OC)C(C(N)=O)c1ccccc1C(=O)NC. The monoisotopic (exact) mass is 412 g/mol. The van der Waals surface area contributed by atoms with Gasteiger partial charge in [0.2, 0.25) is 5.91 Å². The molecule has 162 valence electrons. The van der Waals surface area contributed by atoms with Crippen LogP contribution in [0.5, 0.6) is 5.75 Å². The number of nitrogens with two attached hydrogens (primary N) is 1. The first-order valence-electron chi connectivity index (χ1n) is 10.4. The van der Waals surface area contributed by atoms with Crippen molar-refractivity contribution in [3.63, 3.8) is 0 Å². The Bertz CT molecular complexity index is 866. The van der Waals surface area contributed by atoms with Crippen LogP contribution in [-0.4, -0.2) is 31.1 Å². The standard InChI is InChI=1S/C24H32N2O4/c1-4-5-6-9-18(17-13-12-16(15-27)14-21(17)30-3)22(23(25)28)19-10-7-8-11-20(19)24(29)26-2/h7-8,10-14,18,22,27H,4-6,9,15H2,1-3H3,(H2,25,28)(H,26,29). The van der Waals surface area contributed by atoms with E-state index in [1.807, 2.05) is 18.2 Å². The summed E-state index contributed by atoms with van der Waals surface area (Å²) < 4.78 is 5.60. The normalized spacial score (nSPS) is 12.8. The molecule has 4 N–H and O–H groups in total. The van der Waals surface area contributed by atoms with Crippen LogP contribution in [0.25, 0.3) is 0 Å². The molecule has 0 fully saturated rings. The van der Waals surface area contributed by atoms with E-state index in [1.165, 1.54) is 0 Å². The summed E-state index contributed by atoms with van der Waals surface area (Å²) in [6.07, 6.45) is 3.70. The number of methoxy groups -OCH3 is 1. The van der Waals surface area contributed by atoms with Crippen molar-refractivity contribution in [2.75, 3.05) is 14.2 Å². The Kier molecular flexibility index (Phi) is 8.87. The third kappa shape index (κ3) is 5.39. The van der Waals surface area contributed by atoms with Gasteiger partial charge in [-0.3, -0.25) is 9.59 Å². The summed E-state index contributed by atoms with van der Waals surface area (Å²) in [6.45, 7) is 2.02. The van der Waals surface area contributed by atoms with Crippen LogP contribution in [0.4, 0.5) is 0 Å². The maximum atomic E-state index is 12.7. The molecule has 0 saturated heterocycles. The molecule has 6 nitrogen and oxygen atoms in total. The van der Waals surface area contributed by atoms with Crippen LogP contribution < -0.4 is 15.8 Å². The number of carbonyl (C=O) groups is 2. The molecule has 0 radical (unpaired) electrons. The van der Waals surface area contributed by atoms with Gasteiger partial charge in [-0.15, -0.1) is 0 Å². The lowest BCUT2D eigenvalue weighted by molar-refractivity contribution is -0.120. The van der Waals surface area contributed by atoms with Crippen molar-refractivity contribution >= 4 is 11.8 Å². The maximum Gasteiger partial charge on any atom is 0.251 e. The van der Waals surface area contributed by atoms with Gasteiger partial charge in [-0.2, -0.15) is 0 Å². The van der Waals surface area contributed by atoms with Crippen molar-refractivity contribution in [3.8, 4) is 5.75 Å². The third-order valence-corrected chi connectivity index (χ3v) is 5.48. The van der Waals surface area contributed by atoms with Crippen LogP contribution in [0.1, 0.15) is 71.5 Å². The second kappa shape index (κ2) is 11.4. The molecule has 30 heavy (non-hydrogen) atoms. The molecular formula is C24H32N2O4. The third-order valence-electron chi connectivity index (χ3n) is 5.48. The van der Waals surface area contributed by atoms with Gasteiger partial charge in [-0.05, 0) is 35.2 Å². The topological polar surface area (TPSA) is 102 Å². The fraction of sp³-hybridized carbons (Fsp3) is 0.417. The zero-order chi connectivity index (χ0) is 22.1. The van der Waals surface area contributed by atoms with Crippen LogP contribution in [-0.2, 0) is 11.4 Å². The molecule has 0 aliphatic rings. The number of hydrogen-bond acceptors (Lipinski definition) is 4. The molecule has 0 aromatic heterocycles. The number of nitrogens with one attached hydrogen (secondary N) is 1. The first kappa shape index (κ1) is 23.4. The molecule has 2 aromatic carbocycles. The van der Waals surface area contributed by atoms with Gasteiger partial charge in [-0.25, -0.2) is 0 Å². The average Bonchev–Trinajstić information content (AvgIpc) is 2.77. The number of unbranched alkanes of at least 4 members (excludes halogenated alkanes) is 2. The molecule has 0 heterocycles. The fourth-order valence-electron chi connectivity index (χ4n) is 3.95. The molecule has 2 unspecified atom stereocenters. The Morgan fingerprint density at radius 3 is 2.47 bits per heavy atom. The number of hydrogen-bond donors (Lipinski definition) is 3. The van der Waals surface area contributed by atoms with Crippen LogP contribution in [0.3, 0.4) is 0 Å². The van der Waals surface area contributed by atoms with Gasteiger partial charge in [0.15, 0.2) is 0 Å². The van der Waals surface area contributed by atoms with Crippen LogP contribution in [0.15, 0.2) is 42.5 Å². The molecule has 0 aliphatic carbocycles. The van der Waals surface area contributed by atoms with E-state index >= 15 is 0 Å². The first-order chi connectivity index (χ1) is 14.5. The zero-order valence-electron chi connectivity index (χ0n) is 18.0. The Morgan fingerprint density at radius 2 is 1.87 bits per heavy atom. The highest BCUT2D eigenvalue weighted by Crippen LogP contribution is 2.42. The molecule has 0 saturated carbocycles. The molecule has 2 rings (SSSR count). The van der Waals surface area contributed by atoms with E-state index in [9.17, 15) is 14.7 Å². The minimum Gasteiger partial charge on any atom is -0.496 e. The summed E-state index contributed by atoms with van der Waals surface area (Å²) in [5, 5.41) is 12.1. The van der Waals surface area contributed by atoms with Crippen LogP contribution >= 0.6 is 0 Å². The summed E-state index contributed by atoms with van der Waals surface area (Å²) in [4.78, 5) is 25.2. The lowest BCUT2D eigenvalue weighted by Gasteiger charge is -2.28. The number of rotatable bonds is 11. The van der Waals surface area contributed by atoms with E-state index < -0.39 is 11.8 Å². The summed E-state index contributed by atoms with van der Waals surface area (Å²) in [5.74, 6) is -1.09. The van der Waals surface area contributed by atoms with Crippen molar-refractivity contribution in [2.24, 2.45) is 5.73 Å². The summed E-state index contributed by atoms with van der Waals surface area (Å²) in [5.41, 5.74) is 8.54. The Balaban J connectivity index is 2.64. The van der Waals surface area contributed by atoms with E-state index in [1.54, 1.807) is 38.4 Å². The average molecular weight is 413 g/mol. The molecule has 0 aliphatic heterocycles. The van der Waals surface area contributed by atoms with E-state index in [-0.39, 0.29) is 18.4 Å². The lowest BCUT2D eigenvalue weighted by Crippen LogP contribution is -2.30. The number of ether oxygens (including phenoxy) is 1. The predicted molar refractivity (Wildman–Crippen MR) is 118 cm³/mol. The van der Waals surface area contributed by atoms with Crippen molar-refractivity contribution in [1.82, 2.24) is 5.32 Å². The summed E-state index contributed by atoms with van der Waals surface area (Å²) in [6, 6.07) is 12.6. The highest BCUT2D eigenvalue weighted by molar-refractivity contribution is 5.98. The van der Waals surface area contributed by atoms with Gasteiger partial charge in [0.25, 0.3) is 5.91 Å². The minimum absolute atomic E-state index is 0.101. The zero-order valence-corrected chi connectivity index (χ0v) is 18.0. The number of benzene rings is 2. The van der Waals surface area contributed by atoms with Gasteiger partial charge < -0.3 is 20.9 Å². The number of aliphatic hydroxyl groups is 1. The molecule has 0 bridgehead atoms. The molecule has 2 aromatic rings. The van der Waals surface area contributed by atoms with Crippen LogP contribution in [0.2, 0.25) is 0 Å². The Hall–Kier alpha value is -2.86. The fourth-order valence-corrected chi connectivity index (χ4v) is 3.95. The lowest BCUT2D eigenvalue weighted by atomic mass is 9.76. The Morgan fingerprint density at radius 1 is 1.13 bits per heavy atom. The number of aliphatic hydroxyl groups excluding tert-OH is 1. The van der Waals surface area contributed by atoms with Gasteiger partial charge in [0, 0.05) is 18.5 Å². The van der Waals surface area contributed by atoms with E-state index in [2.05, 4.69) is 12.2 Å². The van der Waals surface area contributed by atoms with Crippen molar-refractivity contribution in [2.45, 2.75) is 51.0 Å². The number of primary amides is 1. The number of amides is 2. The molecular weight excluding hydrogens is 380 g/mol. The molecule has 0 spiro atoms. The first-order valence-corrected chi connectivity index (χ1v) is 10.4. The summed E-state index contributed by atoms with van der Waals surface area (Å²) >= 11 is 0. The highest BCUT2D eigenvalue weighted by atomic mass is 16.5. The minimum atomic E-state index is -0.691. The predicted octanol–water partition coefficient (Wildman–Crippen LogP) is 3.48. The maximum absolute atomic E-state index is 12.7.